The number of carboxylic acid groups (broad SMARTS) is 1. The van der Waals surface area contributed by atoms with E-state index >= 15 is 0 Å². The molecule has 5 saturated heterocycles. The quantitative estimate of drug-likeness (QED) is 0.0571. The van der Waals surface area contributed by atoms with Crippen molar-refractivity contribution in [1.29, 1.82) is 0 Å². The van der Waals surface area contributed by atoms with E-state index < -0.39 is 222 Å². The molecule has 0 aromatic heterocycles. The van der Waals surface area contributed by atoms with E-state index in [0.717, 1.165) is 13.8 Å². The Morgan fingerprint density at radius 2 is 1.20 bits per heavy atom. The van der Waals surface area contributed by atoms with Crippen molar-refractivity contribution in [3.8, 4) is 0 Å². The van der Waals surface area contributed by atoms with Crippen molar-refractivity contribution in [2.75, 3.05) is 33.0 Å². The Kier molecular flexibility index (Phi) is 20.7. The van der Waals surface area contributed by atoms with E-state index in [1.54, 1.807) is 0 Å². The first kappa shape index (κ1) is 58.8. The molecule has 0 aromatic carbocycles. The largest absolute Gasteiger partial charge is 0.477 e. The third kappa shape index (κ3) is 13.1. The molecule has 32 nitrogen and oxygen atoms in total. The molecule has 5 aliphatic rings. The Balaban J connectivity index is 1.57. The Hall–Kier alpha value is -3.08. The minimum absolute atomic E-state index is 0.813. The minimum Gasteiger partial charge on any atom is -0.477 e. The van der Waals surface area contributed by atoms with Gasteiger partial charge in [-0.2, -0.15) is 0 Å². The molecular formula is C39H65N3O29. The number of aliphatic carboxylic acids is 1. The van der Waals surface area contributed by atoms with Crippen molar-refractivity contribution in [2.24, 2.45) is 0 Å². The first-order valence-corrected chi connectivity index (χ1v) is 22.2. The monoisotopic (exact) mass is 1040 g/mol. The van der Waals surface area contributed by atoms with E-state index in [9.17, 15) is 101 Å². The zero-order valence-corrected chi connectivity index (χ0v) is 38.1. The fraction of sp³-hybridized carbons (Fsp3) is 0.897. The number of amides is 3. The Morgan fingerprint density at radius 3 is 1.77 bits per heavy atom. The lowest BCUT2D eigenvalue weighted by Gasteiger charge is -2.51. The van der Waals surface area contributed by atoms with E-state index in [-0.39, 0.29) is 0 Å². The summed E-state index contributed by atoms with van der Waals surface area (Å²) in [6.07, 6.45) is -44.9. The number of rotatable bonds is 19. The molecule has 5 fully saturated rings. The summed E-state index contributed by atoms with van der Waals surface area (Å²) < 4.78 is 52.6. The van der Waals surface area contributed by atoms with Gasteiger partial charge in [0.1, 0.15) is 116 Å². The molecule has 26 atom stereocenters. The first-order valence-electron chi connectivity index (χ1n) is 22.2. The molecule has 0 spiro atoms. The average molecular weight is 1040 g/mol. The molecule has 410 valence electrons. The fourth-order valence-electron chi connectivity index (χ4n) is 8.75. The van der Waals surface area contributed by atoms with Gasteiger partial charge in [-0.15, -0.1) is 0 Å². The molecular weight excluding hydrogens is 974 g/mol. The molecule has 0 aliphatic carbocycles. The van der Waals surface area contributed by atoms with Crippen LogP contribution >= 0.6 is 0 Å². The maximum Gasteiger partial charge on any atom is 0.364 e. The van der Waals surface area contributed by atoms with Crippen LogP contribution in [0, 0.1) is 0 Å². The van der Waals surface area contributed by atoms with Gasteiger partial charge in [0.15, 0.2) is 25.2 Å². The van der Waals surface area contributed by atoms with Crippen molar-refractivity contribution in [3.63, 3.8) is 0 Å². The summed E-state index contributed by atoms with van der Waals surface area (Å²) >= 11 is 0. The topological polar surface area (TPSA) is 511 Å². The van der Waals surface area contributed by atoms with E-state index in [4.69, 9.17) is 42.6 Å². The van der Waals surface area contributed by atoms with Crippen LogP contribution in [-0.4, -0.2) is 297 Å². The lowest BCUT2D eigenvalue weighted by atomic mass is 9.88. The van der Waals surface area contributed by atoms with Crippen LogP contribution in [0.5, 0.6) is 0 Å². The summed E-state index contributed by atoms with van der Waals surface area (Å²) in [5.74, 6) is -7.98. The Bertz CT molecular complexity index is 1780. The molecule has 0 aromatic rings. The summed E-state index contributed by atoms with van der Waals surface area (Å²) in [4.78, 5) is 49.8. The average Bonchev–Trinajstić information content (AvgIpc) is 3.32. The van der Waals surface area contributed by atoms with Gasteiger partial charge in [0.2, 0.25) is 17.7 Å². The summed E-state index contributed by atoms with van der Waals surface area (Å²) in [7, 11) is 0. The lowest BCUT2D eigenvalue weighted by Crippen LogP contribution is -2.71. The van der Waals surface area contributed by atoms with Gasteiger partial charge >= 0.3 is 5.97 Å². The zero-order valence-electron chi connectivity index (χ0n) is 38.1. The maximum atomic E-state index is 13.0. The molecule has 5 rings (SSSR count). The third-order valence-corrected chi connectivity index (χ3v) is 12.6. The number of nitrogens with one attached hydrogen (secondary N) is 3. The maximum absolute atomic E-state index is 13.0. The molecule has 3 amide bonds. The first-order chi connectivity index (χ1) is 33.3. The highest BCUT2D eigenvalue weighted by molar-refractivity contribution is 5.78. The van der Waals surface area contributed by atoms with Crippen LogP contribution in [0.3, 0.4) is 0 Å². The summed E-state index contributed by atoms with van der Waals surface area (Å²) in [5, 5.41) is 177. The summed E-state index contributed by atoms with van der Waals surface area (Å²) in [6.45, 7) is -2.31. The third-order valence-electron chi connectivity index (χ3n) is 12.6. The predicted octanol–water partition coefficient (Wildman–Crippen LogP) is -12.3. The van der Waals surface area contributed by atoms with Crippen molar-refractivity contribution < 1.29 is 144 Å². The second-order valence-corrected chi connectivity index (χ2v) is 17.6. The van der Waals surface area contributed by atoms with Crippen molar-refractivity contribution in [3.05, 3.63) is 0 Å². The molecule has 5 aliphatic heterocycles. The van der Waals surface area contributed by atoms with E-state index in [1.165, 1.54) is 6.92 Å². The molecule has 32 heteroatoms. The number of carbonyl (C=O) groups excluding carboxylic acids is 3. The van der Waals surface area contributed by atoms with Crippen LogP contribution in [0.4, 0.5) is 0 Å². The van der Waals surface area contributed by atoms with Crippen LogP contribution in [0.25, 0.3) is 0 Å². The van der Waals surface area contributed by atoms with E-state index in [0.29, 0.717) is 0 Å². The molecule has 0 saturated carbocycles. The number of hydrogen-bond acceptors (Lipinski definition) is 28. The highest BCUT2D eigenvalue weighted by Crippen LogP contribution is 2.38. The number of carboxylic acids is 1. The fourth-order valence-corrected chi connectivity index (χ4v) is 8.75. The van der Waals surface area contributed by atoms with Crippen molar-refractivity contribution in [2.45, 2.75) is 186 Å². The van der Waals surface area contributed by atoms with Crippen LogP contribution in [0.1, 0.15) is 27.2 Å². The second kappa shape index (κ2) is 25.0. The SMILES string of the molecule is CC(=O)N[C@H]1[C@@H](O[C@H]2[C@@H](O)[C@@H](CO)O[C@@H](O[C@@H]3[C@H](O)[C@@H](NC(C)=O)C(O)O[C@@H]3CO[C@]3(C(=O)O)C[C@H](O)[C@@H](NC(=O)CO)[C@H]([C@H](O)[C@H](O)CO)O3)[C@@H]2O[C@@H]2O[C@@H](C)[C@@H](O)[C@@H](O)[C@@H]2O)O[C@H](CO)[C@H](O)[C@@H]1O. The standard InChI is InChI=1S/C39H65N3O29/c1-10-22(52)28(58)29(59)36(64-10)70-33-32(69-35-21(41-12(3)48)26(56)24(54)15(6-44)66-35)25(55)16(7-45)67-37(33)68-30-17(65-34(60)20(27(30)57)40-11(2)47)9-63-39(38(61)62)4-13(49)19(42-18(51)8-46)31(71-39)23(53)14(50)5-43/h10,13-17,19-37,43-46,49-50,52-60H,4-9H2,1-3H3,(H,40,47)(H,41,48)(H,42,51)(H,61,62)/t10-,13-,14+,15+,16+,17+,19+,20+,21+,22+,23+,24-,25-,26+,27+,28+,29-,30-,31+,32-,33+,34?,35+,36-,37-,39+/m0/s1. The number of carbonyl (C=O) groups is 4. The normalized spacial score (nSPS) is 45.0. The molecule has 71 heavy (non-hydrogen) atoms. The second-order valence-electron chi connectivity index (χ2n) is 17.6. The zero-order chi connectivity index (χ0) is 53.0. The van der Waals surface area contributed by atoms with Gasteiger partial charge in [0.25, 0.3) is 5.79 Å². The smallest absolute Gasteiger partial charge is 0.364 e. The van der Waals surface area contributed by atoms with Crippen molar-refractivity contribution in [1.82, 2.24) is 16.0 Å². The van der Waals surface area contributed by atoms with E-state index in [1.807, 2.05) is 0 Å². The molecule has 0 radical (unpaired) electrons. The van der Waals surface area contributed by atoms with Gasteiger partial charge in [-0.3, -0.25) is 14.4 Å². The van der Waals surface area contributed by atoms with Gasteiger partial charge in [-0.05, 0) is 6.92 Å². The summed E-state index contributed by atoms with van der Waals surface area (Å²) in [6, 6.07) is -5.30. The number of aliphatic hydroxyl groups is 15. The Morgan fingerprint density at radius 1 is 0.620 bits per heavy atom. The molecule has 1 unspecified atom stereocenters. The molecule has 19 N–H and O–H groups in total. The number of hydrogen-bond donors (Lipinski definition) is 19. The van der Waals surface area contributed by atoms with Crippen LogP contribution < -0.4 is 16.0 Å². The molecule has 5 heterocycles. The number of ether oxygens (including phenoxy) is 9. The van der Waals surface area contributed by atoms with Crippen LogP contribution in [-0.2, 0) is 61.8 Å². The van der Waals surface area contributed by atoms with Gasteiger partial charge in [-0.1, -0.05) is 0 Å². The van der Waals surface area contributed by atoms with Crippen molar-refractivity contribution >= 4 is 23.7 Å². The van der Waals surface area contributed by atoms with Crippen LogP contribution in [0.2, 0.25) is 0 Å². The Labute approximate surface area is 402 Å². The minimum atomic E-state index is -3.11. The van der Waals surface area contributed by atoms with Crippen LogP contribution in [0.15, 0.2) is 0 Å². The van der Waals surface area contributed by atoms with Gasteiger partial charge in [0, 0.05) is 20.3 Å². The highest BCUT2D eigenvalue weighted by atomic mass is 16.8. The predicted molar refractivity (Wildman–Crippen MR) is 219 cm³/mol. The van der Waals surface area contributed by atoms with E-state index in [2.05, 4.69) is 16.0 Å². The lowest BCUT2D eigenvalue weighted by molar-refractivity contribution is -0.399. The van der Waals surface area contributed by atoms with Gasteiger partial charge in [-0.25, -0.2) is 4.79 Å². The molecule has 0 bridgehead atoms. The van der Waals surface area contributed by atoms with Gasteiger partial charge < -0.3 is 140 Å². The van der Waals surface area contributed by atoms with Gasteiger partial charge in [0.05, 0.1) is 44.7 Å². The number of aliphatic hydroxyl groups excluding tert-OH is 15. The highest BCUT2D eigenvalue weighted by Gasteiger charge is 2.59. The summed E-state index contributed by atoms with van der Waals surface area (Å²) in [5.41, 5.74) is 0.